The van der Waals surface area contributed by atoms with Crippen molar-refractivity contribution in [2.45, 2.75) is 6.42 Å². The number of benzene rings is 2. The van der Waals surface area contributed by atoms with Gasteiger partial charge in [-0.25, -0.2) is 4.98 Å². The van der Waals surface area contributed by atoms with Crippen LogP contribution in [0.1, 0.15) is 15.9 Å². The van der Waals surface area contributed by atoms with Crippen LogP contribution >= 0.6 is 0 Å². The topological polar surface area (TPSA) is 81.7 Å². The fourth-order valence-corrected chi connectivity index (χ4v) is 2.94. The Balaban J connectivity index is 1.29. The Hall–Kier alpha value is -3.74. The SMILES string of the molecule is COc1ccc(CCNC(=O)c2ccc(Nc3ccc4c(c3)OCO4)nc2)cc1. The van der Waals surface area contributed by atoms with Gasteiger partial charge in [-0.05, 0) is 48.4 Å². The summed E-state index contributed by atoms with van der Waals surface area (Å²) >= 11 is 0. The van der Waals surface area contributed by atoms with Crippen LogP contribution in [0.3, 0.4) is 0 Å². The maximum Gasteiger partial charge on any atom is 0.252 e. The standard InChI is InChI=1S/C22H21N3O4/c1-27-18-6-2-15(3-7-18)10-11-23-22(26)16-4-9-21(24-13-16)25-17-5-8-19-20(12-17)29-14-28-19/h2-9,12-13H,10-11,14H2,1H3,(H,23,26)(H,24,25). The lowest BCUT2D eigenvalue weighted by molar-refractivity contribution is 0.0954. The number of hydrogen-bond acceptors (Lipinski definition) is 6. The van der Waals surface area contributed by atoms with E-state index < -0.39 is 0 Å². The molecule has 0 atom stereocenters. The number of amides is 1. The summed E-state index contributed by atoms with van der Waals surface area (Å²) in [6.07, 6.45) is 2.30. The lowest BCUT2D eigenvalue weighted by Crippen LogP contribution is -2.25. The third-order valence-electron chi connectivity index (χ3n) is 4.53. The molecule has 0 radical (unpaired) electrons. The van der Waals surface area contributed by atoms with Gasteiger partial charge in [0.15, 0.2) is 11.5 Å². The van der Waals surface area contributed by atoms with Crippen molar-refractivity contribution in [1.29, 1.82) is 0 Å². The van der Waals surface area contributed by atoms with Gasteiger partial charge < -0.3 is 24.8 Å². The predicted molar refractivity (Wildman–Crippen MR) is 109 cm³/mol. The van der Waals surface area contributed by atoms with Crippen molar-refractivity contribution >= 4 is 17.4 Å². The molecule has 1 aromatic heterocycles. The molecule has 0 saturated heterocycles. The Morgan fingerprint density at radius 2 is 1.90 bits per heavy atom. The second kappa shape index (κ2) is 8.52. The third kappa shape index (κ3) is 4.57. The number of rotatable bonds is 7. The molecule has 0 spiro atoms. The molecular weight excluding hydrogens is 370 g/mol. The zero-order valence-corrected chi connectivity index (χ0v) is 16.0. The number of ether oxygens (including phenoxy) is 3. The van der Waals surface area contributed by atoms with Crippen LogP contribution in [0.5, 0.6) is 17.2 Å². The summed E-state index contributed by atoms with van der Waals surface area (Å²) in [5, 5.41) is 6.10. The number of pyridine rings is 1. The van der Waals surface area contributed by atoms with Crippen LogP contribution in [-0.2, 0) is 6.42 Å². The number of methoxy groups -OCH3 is 1. The van der Waals surface area contributed by atoms with Gasteiger partial charge in [0.2, 0.25) is 6.79 Å². The molecule has 2 N–H and O–H groups in total. The van der Waals surface area contributed by atoms with Gasteiger partial charge >= 0.3 is 0 Å². The van der Waals surface area contributed by atoms with Gasteiger partial charge in [0.1, 0.15) is 11.6 Å². The van der Waals surface area contributed by atoms with E-state index >= 15 is 0 Å². The van der Waals surface area contributed by atoms with Crippen molar-refractivity contribution < 1.29 is 19.0 Å². The zero-order chi connectivity index (χ0) is 20.1. The summed E-state index contributed by atoms with van der Waals surface area (Å²) in [6, 6.07) is 16.9. The first kappa shape index (κ1) is 18.6. The molecule has 2 heterocycles. The van der Waals surface area contributed by atoms with E-state index in [2.05, 4.69) is 15.6 Å². The number of hydrogen-bond donors (Lipinski definition) is 2. The number of carbonyl (C=O) groups is 1. The number of carbonyl (C=O) groups excluding carboxylic acids is 1. The van der Waals surface area contributed by atoms with Crippen LogP contribution in [0.25, 0.3) is 0 Å². The summed E-state index contributed by atoms with van der Waals surface area (Å²) in [7, 11) is 1.64. The Kier molecular flexibility index (Phi) is 5.47. The first-order chi connectivity index (χ1) is 14.2. The lowest BCUT2D eigenvalue weighted by atomic mass is 10.1. The van der Waals surface area contributed by atoms with Crippen LogP contribution in [-0.4, -0.2) is 31.3 Å². The quantitative estimate of drug-likeness (QED) is 0.641. The van der Waals surface area contributed by atoms with Crippen LogP contribution in [0.15, 0.2) is 60.8 Å². The smallest absolute Gasteiger partial charge is 0.252 e. The number of fused-ring (bicyclic) bond motifs is 1. The highest BCUT2D eigenvalue weighted by atomic mass is 16.7. The molecule has 0 fully saturated rings. The van der Waals surface area contributed by atoms with E-state index in [1.807, 2.05) is 42.5 Å². The van der Waals surface area contributed by atoms with E-state index in [1.165, 1.54) is 0 Å². The van der Waals surface area contributed by atoms with Gasteiger partial charge in [-0.15, -0.1) is 0 Å². The van der Waals surface area contributed by atoms with E-state index in [-0.39, 0.29) is 12.7 Å². The van der Waals surface area contributed by atoms with E-state index in [4.69, 9.17) is 14.2 Å². The van der Waals surface area contributed by atoms with Crippen molar-refractivity contribution in [2.75, 3.05) is 25.8 Å². The predicted octanol–water partition coefficient (Wildman–Crippen LogP) is 3.54. The summed E-state index contributed by atoms with van der Waals surface area (Å²) in [5.41, 5.74) is 2.47. The minimum atomic E-state index is -0.152. The number of nitrogens with one attached hydrogen (secondary N) is 2. The largest absolute Gasteiger partial charge is 0.497 e. The Bertz CT molecular complexity index is 988. The number of aromatic nitrogens is 1. The second-order valence-electron chi connectivity index (χ2n) is 6.48. The average molecular weight is 391 g/mol. The molecule has 1 aliphatic rings. The molecule has 2 aromatic carbocycles. The van der Waals surface area contributed by atoms with Gasteiger partial charge in [0.25, 0.3) is 5.91 Å². The normalized spacial score (nSPS) is 11.8. The Morgan fingerprint density at radius 1 is 1.07 bits per heavy atom. The first-order valence-corrected chi connectivity index (χ1v) is 9.25. The third-order valence-corrected chi connectivity index (χ3v) is 4.53. The van der Waals surface area contributed by atoms with Crippen LogP contribution in [0.4, 0.5) is 11.5 Å². The van der Waals surface area contributed by atoms with Crippen molar-refractivity contribution in [2.24, 2.45) is 0 Å². The summed E-state index contributed by atoms with van der Waals surface area (Å²) < 4.78 is 15.8. The fourth-order valence-electron chi connectivity index (χ4n) is 2.94. The molecule has 0 bridgehead atoms. The van der Waals surface area contributed by atoms with Gasteiger partial charge in [0, 0.05) is 24.5 Å². The first-order valence-electron chi connectivity index (χ1n) is 9.25. The van der Waals surface area contributed by atoms with Crippen LogP contribution < -0.4 is 24.8 Å². The van der Waals surface area contributed by atoms with Crippen molar-refractivity contribution in [3.8, 4) is 17.2 Å². The molecular formula is C22H21N3O4. The monoisotopic (exact) mass is 391 g/mol. The zero-order valence-electron chi connectivity index (χ0n) is 16.0. The van der Waals surface area contributed by atoms with Gasteiger partial charge in [-0.2, -0.15) is 0 Å². The molecule has 0 saturated carbocycles. The molecule has 7 heteroatoms. The summed E-state index contributed by atoms with van der Waals surface area (Å²) in [6.45, 7) is 0.779. The summed E-state index contributed by atoms with van der Waals surface area (Å²) in [5.74, 6) is 2.73. The molecule has 1 aliphatic heterocycles. The summed E-state index contributed by atoms with van der Waals surface area (Å²) in [4.78, 5) is 16.6. The Morgan fingerprint density at radius 3 is 2.66 bits per heavy atom. The number of anilines is 2. The molecule has 29 heavy (non-hydrogen) atoms. The molecule has 3 aromatic rings. The Labute approximate surface area is 168 Å². The second-order valence-corrected chi connectivity index (χ2v) is 6.48. The highest BCUT2D eigenvalue weighted by molar-refractivity contribution is 5.94. The molecule has 7 nitrogen and oxygen atoms in total. The van der Waals surface area contributed by atoms with Gasteiger partial charge in [-0.1, -0.05) is 12.1 Å². The minimum Gasteiger partial charge on any atom is -0.497 e. The molecule has 148 valence electrons. The highest BCUT2D eigenvalue weighted by Gasteiger charge is 2.13. The number of nitrogens with zero attached hydrogens (tertiary/aromatic N) is 1. The minimum absolute atomic E-state index is 0.152. The molecule has 4 rings (SSSR count). The lowest BCUT2D eigenvalue weighted by Gasteiger charge is -2.08. The maximum absolute atomic E-state index is 12.3. The van der Waals surface area contributed by atoms with Crippen LogP contribution in [0.2, 0.25) is 0 Å². The maximum atomic E-state index is 12.3. The van der Waals surface area contributed by atoms with Gasteiger partial charge in [0.05, 0.1) is 12.7 Å². The fraction of sp³-hybridized carbons (Fsp3) is 0.182. The molecule has 0 unspecified atom stereocenters. The van der Waals surface area contributed by atoms with E-state index in [9.17, 15) is 4.79 Å². The van der Waals surface area contributed by atoms with Crippen molar-refractivity contribution in [1.82, 2.24) is 10.3 Å². The van der Waals surface area contributed by atoms with E-state index in [1.54, 1.807) is 25.4 Å². The molecule has 0 aliphatic carbocycles. The van der Waals surface area contributed by atoms with Crippen LogP contribution in [0, 0.1) is 0 Å². The molecule has 1 amide bonds. The average Bonchev–Trinajstić information content (AvgIpc) is 3.22. The van der Waals surface area contributed by atoms with Crippen molar-refractivity contribution in [3.63, 3.8) is 0 Å². The van der Waals surface area contributed by atoms with E-state index in [0.29, 0.717) is 23.7 Å². The highest BCUT2D eigenvalue weighted by Crippen LogP contribution is 2.34. The van der Waals surface area contributed by atoms with E-state index in [0.717, 1.165) is 29.2 Å². The van der Waals surface area contributed by atoms with Gasteiger partial charge in [-0.3, -0.25) is 4.79 Å². The van der Waals surface area contributed by atoms with Crippen molar-refractivity contribution in [3.05, 3.63) is 71.9 Å².